The molecule has 92 valence electrons. The second kappa shape index (κ2) is 4.55. The van der Waals surface area contributed by atoms with Crippen molar-refractivity contribution >= 4 is 23.2 Å². The summed E-state index contributed by atoms with van der Waals surface area (Å²) in [7, 11) is 4.13. The monoisotopic (exact) mass is 258 g/mol. The smallest absolute Gasteiger partial charge is 0.190 e. The summed E-state index contributed by atoms with van der Waals surface area (Å²) in [5.41, 5.74) is 1.95. The number of aliphatic imine (C=N–C) groups is 1. The number of ether oxygens (including phenoxy) is 1. The zero-order chi connectivity index (χ0) is 12.5. The SMILES string of the molecule is CN(C)Cc1cc2c(s1)Oc1ccccc1N=C2. The topological polar surface area (TPSA) is 24.8 Å². The van der Waals surface area contributed by atoms with Gasteiger partial charge >= 0.3 is 0 Å². The summed E-state index contributed by atoms with van der Waals surface area (Å²) in [4.78, 5) is 7.90. The molecular weight excluding hydrogens is 244 g/mol. The average Bonchev–Trinajstić information content (AvgIpc) is 2.61. The van der Waals surface area contributed by atoms with Gasteiger partial charge in [-0.05, 0) is 32.3 Å². The van der Waals surface area contributed by atoms with E-state index < -0.39 is 0 Å². The molecule has 0 N–H and O–H groups in total. The van der Waals surface area contributed by atoms with Crippen LogP contribution in [-0.4, -0.2) is 25.2 Å². The van der Waals surface area contributed by atoms with Crippen LogP contribution in [0.2, 0.25) is 0 Å². The van der Waals surface area contributed by atoms with Crippen LogP contribution in [0.1, 0.15) is 10.4 Å². The lowest BCUT2D eigenvalue weighted by atomic mass is 10.3. The fraction of sp³-hybridized carbons (Fsp3) is 0.214. The summed E-state index contributed by atoms with van der Waals surface area (Å²) in [5.74, 6) is 0.825. The first kappa shape index (κ1) is 11.4. The Morgan fingerprint density at radius 3 is 2.94 bits per heavy atom. The first-order chi connectivity index (χ1) is 8.72. The second-order valence-electron chi connectivity index (χ2n) is 4.52. The highest BCUT2D eigenvalue weighted by molar-refractivity contribution is 7.14. The largest absolute Gasteiger partial charge is 0.444 e. The summed E-state index contributed by atoms with van der Waals surface area (Å²) in [5, 5.41) is 0.931. The lowest BCUT2D eigenvalue weighted by molar-refractivity contribution is 0.406. The predicted octanol–water partition coefficient (Wildman–Crippen LogP) is 3.67. The van der Waals surface area contributed by atoms with Crippen molar-refractivity contribution in [2.45, 2.75) is 6.54 Å². The highest BCUT2D eigenvalue weighted by Gasteiger charge is 2.15. The Hall–Kier alpha value is -1.65. The number of benzene rings is 1. The molecule has 0 saturated heterocycles. The van der Waals surface area contributed by atoms with E-state index in [0.29, 0.717) is 0 Å². The third kappa shape index (κ3) is 2.17. The minimum absolute atomic E-state index is 0.825. The number of nitrogens with zero attached hydrogens (tertiary/aromatic N) is 2. The number of hydrogen-bond donors (Lipinski definition) is 0. The minimum atomic E-state index is 0.825. The Balaban J connectivity index is 1.97. The molecule has 3 rings (SSSR count). The summed E-state index contributed by atoms with van der Waals surface area (Å²) in [6.07, 6.45) is 1.89. The van der Waals surface area contributed by atoms with Gasteiger partial charge in [0.05, 0.1) is 0 Å². The molecule has 0 radical (unpaired) electrons. The van der Waals surface area contributed by atoms with Gasteiger partial charge in [0.1, 0.15) is 5.69 Å². The van der Waals surface area contributed by atoms with Gasteiger partial charge in [-0.25, -0.2) is 0 Å². The van der Waals surface area contributed by atoms with E-state index in [0.717, 1.165) is 28.6 Å². The van der Waals surface area contributed by atoms with Gasteiger partial charge in [0, 0.05) is 23.2 Å². The van der Waals surface area contributed by atoms with E-state index in [-0.39, 0.29) is 0 Å². The van der Waals surface area contributed by atoms with Gasteiger partial charge in [-0.15, -0.1) is 11.3 Å². The van der Waals surface area contributed by atoms with Gasteiger partial charge in [0.25, 0.3) is 0 Å². The summed E-state index contributed by atoms with van der Waals surface area (Å²) < 4.78 is 5.94. The van der Waals surface area contributed by atoms with Crippen LogP contribution in [0.3, 0.4) is 0 Å². The summed E-state index contributed by atoms with van der Waals surface area (Å²) in [6, 6.07) is 10.00. The van der Waals surface area contributed by atoms with Crippen LogP contribution >= 0.6 is 11.3 Å². The molecule has 18 heavy (non-hydrogen) atoms. The molecule has 1 aromatic heterocycles. The van der Waals surface area contributed by atoms with Crippen molar-refractivity contribution in [3.63, 3.8) is 0 Å². The van der Waals surface area contributed by atoms with Crippen LogP contribution in [0.25, 0.3) is 0 Å². The van der Waals surface area contributed by atoms with E-state index in [4.69, 9.17) is 4.74 Å². The highest BCUT2D eigenvalue weighted by atomic mass is 32.1. The third-order valence-corrected chi connectivity index (χ3v) is 3.67. The number of rotatable bonds is 2. The molecule has 0 atom stereocenters. The van der Waals surface area contributed by atoms with Crippen molar-refractivity contribution < 1.29 is 4.74 Å². The van der Waals surface area contributed by atoms with Gasteiger partial charge in [-0.2, -0.15) is 0 Å². The Morgan fingerprint density at radius 2 is 2.11 bits per heavy atom. The van der Waals surface area contributed by atoms with Gasteiger partial charge in [0.2, 0.25) is 0 Å². The van der Waals surface area contributed by atoms with Crippen molar-refractivity contribution in [1.82, 2.24) is 4.90 Å². The van der Waals surface area contributed by atoms with Crippen LogP contribution in [0.4, 0.5) is 5.69 Å². The third-order valence-electron chi connectivity index (χ3n) is 2.66. The van der Waals surface area contributed by atoms with Crippen LogP contribution in [-0.2, 0) is 6.54 Å². The van der Waals surface area contributed by atoms with E-state index in [1.165, 1.54) is 4.88 Å². The number of hydrogen-bond acceptors (Lipinski definition) is 4. The first-order valence-corrected chi connectivity index (χ1v) is 6.62. The molecule has 0 bridgehead atoms. The standard InChI is InChI=1S/C14H14N2OS/c1-16(2)9-11-7-10-8-15-12-5-3-4-6-13(12)17-14(10)18-11/h3-8H,9H2,1-2H3. The van der Waals surface area contributed by atoms with E-state index in [2.05, 4.69) is 30.1 Å². The quantitative estimate of drug-likeness (QED) is 0.700. The van der Waals surface area contributed by atoms with E-state index in [1.54, 1.807) is 11.3 Å². The zero-order valence-electron chi connectivity index (χ0n) is 10.4. The average molecular weight is 258 g/mol. The zero-order valence-corrected chi connectivity index (χ0v) is 11.2. The molecule has 2 heterocycles. The van der Waals surface area contributed by atoms with Crippen molar-refractivity contribution in [2.75, 3.05) is 14.1 Å². The van der Waals surface area contributed by atoms with Gasteiger partial charge in [-0.1, -0.05) is 12.1 Å². The molecule has 3 nitrogen and oxygen atoms in total. The van der Waals surface area contributed by atoms with Crippen LogP contribution in [0, 0.1) is 0 Å². The molecule has 0 amide bonds. The molecule has 1 aliphatic rings. The van der Waals surface area contributed by atoms with Crippen LogP contribution in [0.5, 0.6) is 10.8 Å². The van der Waals surface area contributed by atoms with Crippen molar-refractivity contribution in [2.24, 2.45) is 4.99 Å². The molecule has 2 aromatic rings. The van der Waals surface area contributed by atoms with Crippen LogP contribution < -0.4 is 4.74 Å². The second-order valence-corrected chi connectivity index (χ2v) is 5.62. The Morgan fingerprint density at radius 1 is 1.28 bits per heavy atom. The van der Waals surface area contributed by atoms with Gasteiger partial charge < -0.3 is 9.64 Å². The highest BCUT2D eigenvalue weighted by Crippen LogP contribution is 2.40. The Bertz CT molecular complexity index is 602. The molecule has 0 unspecified atom stereocenters. The number of para-hydroxylation sites is 2. The fourth-order valence-electron chi connectivity index (χ4n) is 1.89. The fourth-order valence-corrected chi connectivity index (χ4v) is 3.00. The maximum atomic E-state index is 5.94. The molecule has 4 heteroatoms. The number of fused-ring (bicyclic) bond motifs is 2. The van der Waals surface area contributed by atoms with Crippen LogP contribution in [0.15, 0.2) is 35.3 Å². The van der Waals surface area contributed by atoms with Gasteiger partial charge in [0.15, 0.2) is 10.8 Å². The maximum Gasteiger partial charge on any atom is 0.190 e. The number of thiophene rings is 1. The van der Waals surface area contributed by atoms with Crippen molar-refractivity contribution in [3.8, 4) is 10.8 Å². The molecule has 1 aliphatic heterocycles. The molecule has 0 saturated carbocycles. The lowest BCUT2D eigenvalue weighted by Gasteiger charge is -2.06. The summed E-state index contributed by atoms with van der Waals surface area (Å²) in [6.45, 7) is 0.927. The minimum Gasteiger partial charge on any atom is -0.444 e. The lowest BCUT2D eigenvalue weighted by Crippen LogP contribution is -2.09. The van der Waals surface area contributed by atoms with E-state index in [1.807, 2.05) is 30.5 Å². The summed E-state index contributed by atoms with van der Waals surface area (Å²) >= 11 is 1.69. The molecule has 0 fully saturated rings. The first-order valence-electron chi connectivity index (χ1n) is 5.81. The van der Waals surface area contributed by atoms with E-state index >= 15 is 0 Å². The predicted molar refractivity (Wildman–Crippen MR) is 75.5 cm³/mol. The van der Waals surface area contributed by atoms with Crippen molar-refractivity contribution in [1.29, 1.82) is 0 Å². The normalized spacial score (nSPS) is 12.8. The van der Waals surface area contributed by atoms with E-state index in [9.17, 15) is 0 Å². The Kier molecular flexibility index (Phi) is 2.89. The maximum absolute atomic E-state index is 5.94. The molecule has 0 spiro atoms. The van der Waals surface area contributed by atoms with Crippen molar-refractivity contribution in [3.05, 3.63) is 40.8 Å². The molecular formula is C14H14N2OS. The van der Waals surface area contributed by atoms with Gasteiger partial charge in [-0.3, -0.25) is 4.99 Å². The molecule has 1 aromatic carbocycles. The molecule has 0 aliphatic carbocycles. The Labute approximate surface area is 110 Å².